The summed E-state index contributed by atoms with van der Waals surface area (Å²) in [5.74, 6) is 0.476. The molecule has 0 radical (unpaired) electrons. The van der Waals surface area contributed by atoms with Crippen molar-refractivity contribution in [3.05, 3.63) is 102 Å². The summed E-state index contributed by atoms with van der Waals surface area (Å²) in [7, 11) is 0. The van der Waals surface area contributed by atoms with Gasteiger partial charge in [0.2, 0.25) is 5.91 Å². The molecule has 0 unspecified atom stereocenters. The highest BCUT2D eigenvalue weighted by molar-refractivity contribution is 7.99. The third-order valence-corrected chi connectivity index (χ3v) is 6.33. The van der Waals surface area contributed by atoms with E-state index >= 15 is 0 Å². The van der Waals surface area contributed by atoms with Crippen LogP contribution >= 0.6 is 11.8 Å². The van der Waals surface area contributed by atoms with Gasteiger partial charge in [-0.2, -0.15) is 0 Å². The van der Waals surface area contributed by atoms with Gasteiger partial charge in [-0.1, -0.05) is 78.9 Å². The van der Waals surface area contributed by atoms with Gasteiger partial charge in [0.1, 0.15) is 11.6 Å². The molecule has 2 atom stereocenters. The summed E-state index contributed by atoms with van der Waals surface area (Å²) < 4.78 is 5.43. The highest BCUT2D eigenvalue weighted by Crippen LogP contribution is 2.20. The Morgan fingerprint density at radius 2 is 1.29 bits per heavy atom. The quantitative estimate of drug-likeness (QED) is 0.361. The number of hydrogen-bond donors (Lipinski definition) is 2. The van der Waals surface area contributed by atoms with Crippen LogP contribution in [0.1, 0.15) is 31.9 Å². The molecule has 6 heteroatoms. The lowest BCUT2D eigenvalue weighted by Crippen LogP contribution is -2.52. The summed E-state index contributed by atoms with van der Waals surface area (Å²) in [5.41, 5.74) is 1.45. The molecule has 0 saturated carbocycles. The minimum Gasteiger partial charge on any atom is -0.444 e. The van der Waals surface area contributed by atoms with Crippen molar-refractivity contribution in [2.24, 2.45) is 0 Å². The molecule has 0 aliphatic carbocycles. The molecule has 2 amide bonds. The fourth-order valence-corrected chi connectivity index (χ4v) is 4.52. The molecule has 0 spiro atoms. The topological polar surface area (TPSA) is 67.4 Å². The molecule has 0 aliphatic rings. The first-order valence-electron chi connectivity index (χ1n) is 11.8. The van der Waals surface area contributed by atoms with Gasteiger partial charge in [-0.15, -0.1) is 11.8 Å². The second kappa shape index (κ2) is 13.0. The molecule has 0 fully saturated rings. The maximum atomic E-state index is 13.5. The van der Waals surface area contributed by atoms with Gasteiger partial charge in [-0.3, -0.25) is 4.79 Å². The first-order chi connectivity index (χ1) is 16.8. The second-order valence-electron chi connectivity index (χ2n) is 9.41. The molecule has 35 heavy (non-hydrogen) atoms. The number of nitrogens with one attached hydrogen (secondary N) is 2. The standard InChI is InChI=1S/C29H34N2O3S/c1-29(2,3)34-28(33)31-26(20-23-15-9-5-10-16-23)27(32)30-24(19-22-13-7-4-8-14-22)21-35-25-17-11-6-12-18-25/h4-18,24,26H,19-21H2,1-3H3,(H,30,32)(H,31,33)/t24-,26-/m0/s1. The maximum absolute atomic E-state index is 13.5. The fraction of sp³-hybridized carbons (Fsp3) is 0.310. The number of carbonyl (C=O) groups excluding carboxylic acids is 2. The summed E-state index contributed by atoms with van der Waals surface area (Å²) in [6.07, 6.45) is 0.457. The zero-order valence-corrected chi connectivity index (χ0v) is 21.4. The van der Waals surface area contributed by atoms with E-state index in [4.69, 9.17) is 4.74 Å². The van der Waals surface area contributed by atoms with E-state index in [1.54, 1.807) is 32.5 Å². The van der Waals surface area contributed by atoms with Crippen LogP contribution in [0, 0.1) is 0 Å². The molecule has 0 aromatic heterocycles. The van der Waals surface area contributed by atoms with Crippen molar-refractivity contribution in [2.75, 3.05) is 5.75 Å². The minimum atomic E-state index is -0.757. The van der Waals surface area contributed by atoms with Gasteiger partial charge in [0, 0.05) is 23.1 Å². The molecule has 0 aliphatic heterocycles. The van der Waals surface area contributed by atoms with Crippen LogP contribution in [0.15, 0.2) is 95.9 Å². The van der Waals surface area contributed by atoms with Crippen molar-refractivity contribution < 1.29 is 14.3 Å². The van der Waals surface area contributed by atoms with Crippen LogP contribution in [0.5, 0.6) is 0 Å². The van der Waals surface area contributed by atoms with E-state index in [9.17, 15) is 9.59 Å². The predicted octanol–water partition coefficient (Wildman–Crippen LogP) is 5.64. The van der Waals surface area contributed by atoms with E-state index in [1.807, 2.05) is 66.7 Å². The zero-order valence-electron chi connectivity index (χ0n) is 20.6. The Morgan fingerprint density at radius 3 is 1.83 bits per heavy atom. The summed E-state index contributed by atoms with van der Waals surface area (Å²) in [6.45, 7) is 5.40. The van der Waals surface area contributed by atoms with Crippen LogP contribution in [0.4, 0.5) is 4.79 Å². The summed E-state index contributed by atoms with van der Waals surface area (Å²) in [4.78, 5) is 27.1. The summed E-state index contributed by atoms with van der Waals surface area (Å²) in [6, 6.07) is 29.0. The summed E-state index contributed by atoms with van der Waals surface area (Å²) in [5, 5.41) is 5.98. The van der Waals surface area contributed by atoms with Gasteiger partial charge in [0.25, 0.3) is 0 Å². The molecule has 2 N–H and O–H groups in total. The molecular weight excluding hydrogens is 456 g/mol. The number of ether oxygens (including phenoxy) is 1. The SMILES string of the molecule is CC(C)(C)OC(=O)N[C@@H](Cc1ccccc1)C(=O)N[C@H](CSc1ccccc1)Cc1ccccc1. The highest BCUT2D eigenvalue weighted by atomic mass is 32.2. The smallest absolute Gasteiger partial charge is 0.408 e. The molecule has 3 aromatic rings. The lowest BCUT2D eigenvalue weighted by Gasteiger charge is -2.26. The van der Waals surface area contributed by atoms with Crippen LogP contribution in [-0.2, 0) is 22.4 Å². The van der Waals surface area contributed by atoms with Gasteiger partial charge in [0.05, 0.1) is 0 Å². The molecule has 0 heterocycles. The Labute approximate surface area is 212 Å². The zero-order chi connectivity index (χ0) is 25.1. The van der Waals surface area contributed by atoms with E-state index in [2.05, 4.69) is 34.9 Å². The van der Waals surface area contributed by atoms with Crippen LogP contribution in [0.3, 0.4) is 0 Å². The average Bonchev–Trinajstić information content (AvgIpc) is 2.83. The van der Waals surface area contributed by atoms with Gasteiger partial charge in [-0.05, 0) is 50.5 Å². The van der Waals surface area contributed by atoms with Gasteiger partial charge in [-0.25, -0.2) is 4.79 Å². The van der Waals surface area contributed by atoms with Crippen molar-refractivity contribution in [3.63, 3.8) is 0 Å². The Bertz CT molecular complexity index is 1050. The van der Waals surface area contributed by atoms with E-state index in [1.165, 1.54) is 0 Å². The molecular formula is C29H34N2O3S. The first kappa shape index (κ1) is 26.4. The molecule has 3 aromatic carbocycles. The Hall–Kier alpha value is -3.25. The Kier molecular flexibility index (Phi) is 9.79. The third-order valence-electron chi connectivity index (χ3n) is 5.16. The largest absolute Gasteiger partial charge is 0.444 e. The molecule has 0 bridgehead atoms. The second-order valence-corrected chi connectivity index (χ2v) is 10.5. The molecule has 0 saturated heterocycles. The number of benzene rings is 3. The van der Waals surface area contributed by atoms with Gasteiger partial charge < -0.3 is 15.4 Å². The summed E-state index contributed by atoms with van der Waals surface area (Å²) >= 11 is 1.70. The van der Waals surface area contributed by atoms with E-state index < -0.39 is 17.7 Å². The molecule has 3 rings (SSSR count). The number of alkyl carbamates (subject to hydrolysis) is 1. The number of thioether (sulfide) groups is 1. The van der Waals surface area contributed by atoms with Crippen molar-refractivity contribution >= 4 is 23.8 Å². The fourth-order valence-electron chi connectivity index (χ4n) is 3.57. The number of hydrogen-bond acceptors (Lipinski definition) is 4. The number of amides is 2. The number of rotatable bonds is 10. The van der Waals surface area contributed by atoms with Crippen LogP contribution in [-0.4, -0.2) is 35.4 Å². The van der Waals surface area contributed by atoms with Crippen LogP contribution in [0.25, 0.3) is 0 Å². The van der Waals surface area contributed by atoms with E-state index in [0.29, 0.717) is 18.6 Å². The third kappa shape index (κ3) is 9.87. The predicted molar refractivity (Wildman–Crippen MR) is 143 cm³/mol. The highest BCUT2D eigenvalue weighted by Gasteiger charge is 2.26. The Morgan fingerprint density at radius 1 is 0.771 bits per heavy atom. The number of carbonyl (C=O) groups is 2. The van der Waals surface area contributed by atoms with Gasteiger partial charge in [0.15, 0.2) is 0 Å². The Balaban J connectivity index is 1.74. The lowest BCUT2D eigenvalue weighted by atomic mass is 10.0. The molecule has 5 nitrogen and oxygen atoms in total. The monoisotopic (exact) mass is 490 g/mol. The van der Waals surface area contributed by atoms with Crippen LogP contribution in [0.2, 0.25) is 0 Å². The van der Waals surface area contributed by atoms with Crippen molar-refractivity contribution in [1.82, 2.24) is 10.6 Å². The maximum Gasteiger partial charge on any atom is 0.408 e. The van der Waals surface area contributed by atoms with E-state index in [0.717, 1.165) is 16.0 Å². The van der Waals surface area contributed by atoms with Crippen molar-refractivity contribution in [3.8, 4) is 0 Å². The minimum absolute atomic E-state index is 0.117. The van der Waals surface area contributed by atoms with Crippen LogP contribution < -0.4 is 10.6 Å². The van der Waals surface area contributed by atoms with Crippen molar-refractivity contribution in [2.45, 2.75) is 56.2 Å². The first-order valence-corrected chi connectivity index (χ1v) is 12.8. The lowest BCUT2D eigenvalue weighted by molar-refractivity contribution is -0.123. The average molecular weight is 491 g/mol. The van der Waals surface area contributed by atoms with E-state index in [-0.39, 0.29) is 11.9 Å². The molecule has 184 valence electrons. The van der Waals surface area contributed by atoms with Crippen molar-refractivity contribution in [1.29, 1.82) is 0 Å². The normalized spacial score (nSPS) is 12.9. The van der Waals surface area contributed by atoms with Gasteiger partial charge >= 0.3 is 6.09 Å².